The first-order valence-corrected chi connectivity index (χ1v) is 9.27. The van der Waals surface area contributed by atoms with Crippen molar-refractivity contribution in [2.45, 2.75) is 6.54 Å². The molecule has 0 spiro atoms. The second kappa shape index (κ2) is 7.59. The number of carbonyl (C=O) groups is 1. The standard InChI is InChI=1S/C21H22F2N4O/c1-25-6-8-26(9-7-25)20-5-4-19-3-2-16(14-27(19)20)21(28)24-13-15-10-17(22)12-18(23)11-15/h2-5,10-12,14H,6-9,13H2,1H3,(H,24,28). The summed E-state index contributed by atoms with van der Waals surface area (Å²) in [6.45, 7) is 3.92. The molecular formula is C21H22F2N4O. The number of halogens is 2. The van der Waals surface area contributed by atoms with E-state index in [0.717, 1.165) is 43.6 Å². The van der Waals surface area contributed by atoms with E-state index in [1.807, 2.05) is 22.7 Å². The number of aromatic nitrogens is 1. The Morgan fingerprint density at radius 3 is 2.39 bits per heavy atom. The molecule has 3 heterocycles. The van der Waals surface area contributed by atoms with Crippen molar-refractivity contribution in [1.29, 1.82) is 0 Å². The number of benzene rings is 1. The van der Waals surface area contributed by atoms with Gasteiger partial charge in [-0.15, -0.1) is 0 Å². The van der Waals surface area contributed by atoms with Gasteiger partial charge in [-0.1, -0.05) is 0 Å². The van der Waals surface area contributed by atoms with Crippen LogP contribution in [0.15, 0.2) is 48.7 Å². The number of anilines is 1. The summed E-state index contributed by atoms with van der Waals surface area (Å²) in [6, 6.07) is 11.0. The van der Waals surface area contributed by atoms with Gasteiger partial charge in [0.1, 0.15) is 17.5 Å². The van der Waals surface area contributed by atoms with Crippen LogP contribution in [-0.4, -0.2) is 48.4 Å². The molecule has 1 fully saturated rings. The van der Waals surface area contributed by atoms with Gasteiger partial charge in [-0.05, 0) is 49.0 Å². The van der Waals surface area contributed by atoms with Gasteiger partial charge in [0.05, 0.1) is 5.56 Å². The molecule has 0 bridgehead atoms. The lowest BCUT2D eigenvalue weighted by Crippen LogP contribution is -2.44. The van der Waals surface area contributed by atoms with Crippen LogP contribution < -0.4 is 10.2 Å². The van der Waals surface area contributed by atoms with Crippen molar-refractivity contribution in [2.75, 3.05) is 38.1 Å². The molecule has 1 N–H and O–H groups in total. The first-order chi connectivity index (χ1) is 13.5. The van der Waals surface area contributed by atoms with E-state index in [4.69, 9.17) is 0 Å². The molecule has 0 radical (unpaired) electrons. The van der Waals surface area contributed by atoms with Gasteiger partial charge in [0.25, 0.3) is 5.91 Å². The number of carbonyl (C=O) groups excluding carboxylic acids is 1. The molecule has 3 aromatic rings. The number of fused-ring (bicyclic) bond motifs is 1. The highest BCUT2D eigenvalue weighted by Crippen LogP contribution is 2.21. The highest BCUT2D eigenvalue weighted by atomic mass is 19.1. The topological polar surface area (TPSA) is 40.0 Å². The third-order valence-corrected chi connectivity index (χ3v) is 5.09. The van der Waals surface area contributed by atoms with Gasteiger partial charge >= 0.3 is 0 Å². The van der Waals surface area contributed by atoms with E-state index in [1.165, 1.54) is 12.1 Å². The first kappa shape index (κ1) is 18.4. The molecule has 28 heavy (non-hydrogen) atoms. The van der Waals surface area contributed by atoms with E-state index in [1.54, 1.807) is 6.07 Å². The monoisotopic (exact) mass is 384 g/mol. The molecule has 2 aromatic heterocycles. The summed E-state index contributed by atoms with van der Waals surface area (Å²) >= 11 is 0. The minimum Gasteiger partial charge on any atom is -0.355 e. The third kappa shape index (κ3) is 3.84. The molecule has 0 aliphatic carbocycles. The first-order valence-electron chi connectivity index (χ1n) is 9.27. The van der Waals surface area contributed by atoms with Crippen LogP contribution in [0.5, 0.6) is 0 Å². The van der Waals surface area contributed by atoms with Gasteiger partial charge < -0.3 is 19.5 Å². The lowest BCUT2D eigenvalue weighted by atomic mass is 10.2. The molecule has 4 rings (SSSR count). The Labute approximate surface area is 162 Å². The summed E-state index contributed by atoms with van der Waals surface area (Å²) in [6.07, 6.45) is 1.81. The number of amides is 1. The molecule has 1 aliphatic heterocycles. The number of nitrogens with zero attached hydrogens (tertiary/aromatic N) is 3. The van der Waals surface area contributed by atoms with Crippen LogP contribution in [0.25, 0.3) is 5.52 Å². The Hall–Kier alpha value is -2.93. The number of hydrogen-bond acceptors (Lipinski definition) is 3. The quantitative estimate of drug-likeness (QED) is 0.752. The highest BCUT2D eigenvalue weighted by molar-refractivity contribution is 5.94. The zero-order valence-corrected chi connectivity index (χ0v) is 15.7. The molecule has 1 amide bonds. The molecule has 146 valence electrons. The zero-order valence-electron chi connectivity index (χ0n) is 15.7. The fourth-order valence-corrected chi connectivity index (χ4v) is 3.51. The molecule has 0 saturated carbocycles. The maximum Gasteiger partial charge on any atom is 0.253 e. The van der Waals surface area contributed by atoms with Crippen molar-refractivity contribution in [1.82, 2.24) is 14.6 Å². The molecule has 0 atom stereocenters. The lowest BCUT2D eigenvalue weighted by molar-refractivity contribution is 0.0950. The number of piperazine rings is 1. The maximum absolute atomic E-state index is 13.3. The van der Waals surface area contributed by atoms with Crippen LogP contribution in [0, 0.1) is 11.6 Å². The molecule has 5 nitrogen and oxygen atoms in total. The number of pyridine rings is 1. The summed E-state index contributed by atoms with van der Waals surface area (Å²) in [5, 5.41) is 2.73. The van der Waals surface area contributed by atoms with Crippen molar-refractivity contribution in [3.05, 3.63) is 71.4 Å². The Bertz CT molecular complexity index is 989. The lowest BCUT2D eigenvalue weighted by Gasteiger charge is -2.33. The smallest absolute Gasteiger partial charge is 0.253 e. The Morgan fingerprint density at radius 2 is 1.68 bits per heavy atom. The molecule has 1 saturated heterocycles. The number of likely N-dealkylation sites (N-methyl/N-ethyl adjacent to an activating group) is 1. The summed E-state index contributed by atoms with van der Waals surface area (Å²) in [5.41, 5.74) is 1.89. The van der Waals surface area contributed by atoms with Crippen LogP contribution in [0.1, 0.15) is 15.9 Å². The predicted octanol–water partition coefficient (Wildman–Crippen LogP) is 2.90. The van der Waals surface area contributed by atoms with Crippen LogP contribution in [0.3, 0.4) is 0 Å². The van der Waals surface area contributed by atoms with E-state index in [2.05, 4.69) is 28.2 Å². The highest BCUT2D eigenvalue weighted by Gasteiger charge is 2.17. The summed E-state index contributed by atoms with van der Waals surface area (Å²) in [5.74, 6) is -0.542. The average molecular weight is 384 g/mol. The summed E-state index contributed by atoms with van der Waals surface area (Å²) in [7, 11) is 2.11. The van der Waals surface area contributed by atoms with Crippen molar-refractivity contribution in [2.24, 2.45) is 0 Å². The van der Waals surface area contributed by atoms with Crippen LogP contribution in [-0.2, 0) is 6.54 Å². The maximum atomic E-state index is 13.3. The van der Waals surface area contributed by atoms with E-state index >= 15 is 0 Å². The van der Waals surface area contributed by atoms with E-state index in [9.17, 15) is 13.6 Å². The average Bonchev–Trinajstić information content (AvgIpc) is 3.09. The second-order valence-electron chi connectivity index (χ2n) is 7.15. The predicted molar refractivity (Wildman–Crippen MR) is 105 cm³/mol. The van der Waals surface area contributed by atoms with Crippen molar-refractivity contribution in [3.8, 4) is 0 Å². The van der Waals surface area contributed by atoms with Crippen LogP contribution in [0.2, 0.25) is 0 Å². The van der Waals surface area contributed by atoms with Gasteiger partial charge in [0, 0.05) is 50.5 Å². The van der Waals surface area contributed by atoms with Crippen LogP contribution in [0.4, 0.5) is 14.6 Å². The zero-order chi connectivity index (χ0) is 19.7. The molecule has 7 heteroatoms. The largest absolute Gasteiger partial charge is 0.355 e. The van der Waals surface area contributed by atoms with Gasteiger partial charge in [-0.25, -0.2) is 8.78 Å². The van der Waals surface area contributed by atoms with Crippen LogP contribution >= 0.6 is 0 Å². The van der Waals surface area contributed by atoms with E-state index in [-0.39, 0.29) is 12.5 Å². The van der Waals surface area contributed by atoms with Crippen molar-refractivity contribution in [3.63, 3.8) is 0 Å². The third-order valence-electron chi connectivity index (χ3n) is 5.09. The minimum absolute atomic E-state index is 0.0581. The molecular weight excluding hydrogens is 362 g/mol. The van der Waals surface area contributed by atoms with Gasteiger partial charge in [0.15, 0.2) is 0 Å². The van der Waals surface area contributed by atoms with Gasteiger partial charge in [-0.3, -0.25) is 4.79 Å². The number of nitrogens with one attached hydrogen (secondary N) is 1. The Balaban J connectivity index is 1.52. The minimum atomic E-state index is -0.658. The normalized spacial score (nSPS) is 15.2. The van der Waals surface area contributed by atoms with E-state index in [0.29, 0.717) is 11.1 Å². The number of rotatable bonds is 4. The molecule has 0 unspecified atom stereocenters. The fraction of sp³-hybridized carbons (Fsp3) is 0.286. The molecule has 1 aliphatic rings. The van der Waals surface area contributed by atoms with E-state index < -0.39 is 11.6 Å². The molecule has 1 aromatic carbocycles. The number of hydrogen-bond donors (Lipinski definition) is 1. The SMILES string of the molecule is CN1CCN(c2ccc3ccc(C(=O)NCc4cc(F)cc(F)c4)cn23)CC1. The van der Waals surface area contributed by atoms with Crippen molar-refractivity contribution < 1.29 is 13.6 Å². The van der Waals surface area contributed by atoms with Gasteiger partial charge in [0.2, 0.25) is 0 Å². The Morgan fingerprint density at radius 1 is 1.00 bits per heavy atom. The Kier molecular flexibility index (Phi) is 5.00. The second-order valence-corrected chi connectivity index (χ2v) is 7.15. The van der Waals surface area contributed by atoms with Crippen molar-refractivity contribution >= 4 is 17.2 Å². The van der Waals surface area contributed by atoms with Gasteiger partial charge in [-0.2, -0.15) is 0 Å². The summed E-state index contributed by atoms with van der Waals surface area (Å²) < 4.78 is 28.6. The fourth-order valence-electron chi connectivity index (χ4n) is 3.51. The summed E-state index contributed by atoms with van der Waals surface area (Å²) in [4.78, 5) is 17.2.